The van der Waals surface area contributed by atoms with Gasteiger partial charge in [0.05, 0.1) is 29.7 Å². The van der Waals surface area contributed by atoms with E-state index in [2.05, 4.69) is 35.7 Å². The minimum Gasteiger partial charge on any atom is -0.362 e. The van der Waals surface area contributed by atoms with Crippen LogP contribution in [-0.4, -0.2) is 70.7 Å². The van der Waals surface area contributed by atoms with E-state index >= 15 is 4.39 Å². The summed E-state index contributed by atoms with van der Waals surface area (Å²) in [5.74, 6) is -2.57. The fourth-order valence-electron chi connectivity index (χ4n) is 9.10. The van der Waals surface area contributed by atoms with E-state index < -0.39 is 41.0 Å². The molecule has 0 saturated heterocycles. The van der Waals surface area contributed by atoms with Crippen molar-refractivity contribution >= 4 is 0 Å². The van der Waals surface area contributed by atoms with Gasteiger partial charge in [0.25, 0.3) is 0 Å². The molecule has 9 rings (SSSR count). The first-order chi connectivity index (χ1) is 35.8. The molecule has 0 spiro atoms. The number of benzene rings is 4. The summed E-state index contributed by atoms with van der Waals surface area (Å²) in [6, 6.07) is 41.9. The maximum absolute atomic E-state index is 15.8. The van der Waals surface area contributed by atoms with Crippen LogP contribution in [0.1, 0.15) is 76.5 Å². The molecule has 0 fully saturated rings. The summed E-state index contributed by atoms with van der Waals surface area (Å²) in [6.45, 7) is 4.12. The van der Waals surface area contributed by atoms with Crippen molar-refractivity contribution in [3.63, 3.8) is 0 Å². The van der Waals surface area contributed by atoms with Gasteiger partial charge in [0.15, 0.2) is 5.79 Å². The van der Waals surface area contributed by atoms with Crippen LogP contribution in [0, 0.1) is 17.5 Å². The largest absolute Gasteiger partial charge is 0.362 e. The predicted octanol–water partition coefficient (Wildman–Crippen LogP) is 9.69. The Hall–Kier alpha value is -7.60. The van der Waals surface area contributed by atoms with E-state index in [1.165, 1.54) is 30.3 Å². The van der Waals surface area contributed by atoms with Gasteiger partial charge in [-0.2, -0.15) is 15.3 Å². The highest BCUT2D eigenvalue weighted by Gasteiger charge is 2.47. The number of hydrogen-bond acceptors (Lipinski definition) is 10. The number of aromatic amines is 1. The second kappa shape index (κ2) is 24.0. The maximum Gasteiger partial charge on any atom is 0.190 e. The number of nitrogens with two attached hydrogens (primary N) is 1. The predicted molar refractivity (Wildman–Crippen MR) is 277 cm³/mol. The van der Waals surface area contributed by atoms with Crippen LogP contribution in [0.5, 0.6) is 0 Å². The zero-order valence-corrected chi connectivity index (χ0v) is 42.0. The first-order valence-corrected chi connectivity index (χ1v) is 24.2. The molecule has 74 heavy (non-hydrogen) atoms. The molecular weight excluding hydrogens is 942 g/mol. The number of aromatic nitrogens is 8. The van der Waals surface area contributed by atoms with Crippen LogP contribution in [0.4, 0.5) is 13.2 Å². The normalized spacial score (nSPS) is 15.1. The minimum absolute atomic E-state index is 0.242. The van der Waals surface area contributed by atoms with Gasteiger partial charge in [-0.05, 0) is 111 Å². The summed E-state index contributed by atoms with van der Waals surface area (Å²) < 4.78 is 68.3. The number of hydrogen-bond donors (Lipinski definition) is 3. The Bertz CT molecular complexity index is 3140. The Kier molecular flexibility index (Phi) is 17.1. The summed E-state index contributed by atoms with van der Waals surface area (Å²) in [5.41, 5.74) is 11.7. The molecule has 6 unspecified atom stereocenters. The van der Waals surface area contributed by atoms with E-state index in [9.17, 15) is 8.78 Å². The van der Waals surface area contributed by atoms with Gasteiger partial charge < -0.3 is 25.3 Å². The highest BCUT2D eigenvalue weighted by Crippen LogP contribution is 2.42. The number of halogens is 3. The molecule has 0 radical (unpaired) electrons. The average Bonchev–Trinajstić information content (AvgIpc) is 4.21. The maximum atomic E-state index is 15.8. The molecule has 13 nitrogen and oxygen atoms in total. The molecule has 0 aliphatic carbocycles. The van der Waals surface area contributed by atoms with E-state index in [1.807, 2.05) is 113 Å². The molecule has 9 aromatic rings. The van der Waals surface area contributed by atoms with Crippen LogP contribution < -0.4 is 11.1 Å². The third kappa shape index (κ3) is 12.9. The number of ether oxygens (including phenoxy) is 3. The van der Waals surface area contributed by atoms with Crippen molar-refractivity contribution in [2.24, 2.45) is 19.8 Å². The number of nitrogens with zero attached hydrogens (tertiary/aromatic N) is 7. The van der Waals surface area contributed by atoms with Crippen molar-refractivity contribution in [1.82, 2.24) is 45.0 Å². The van der Waals surface area contributed by atoms with Gasteiger partial charge in [-0.25, -0.2) is 13.2 Å². The standard InChI is InChI=1S/C38H38F2N6O2.C20H23FN4O/c1-41-35(24-28-13-9-15-30(39)23-28)38(25-27-11-5-4-6-12-27,47-36(29-14-10-20-42-26-29)33-18-21-43-45(33)2)48-37(34-19-22-44-46(34)3)31-16-7-8-17-32(31)40;1-19(22,12-15-5-3-7-17(21)11-15)14-26-20(2,18-8-10-24-25-18)16-6-4-9-23-13-16/h4-23,26,35-37,41H,24-25H2,1-3H3;3-11,13H,12,14,22H2,1-2H3,(H,24,25). The molecule has 5 heterocycles. The Morgan fingerprint density at radius 2 is 1.26 bits per heavy atom. The second-order valence-electron chi connectivity index (χ2n) is 18.7. The molecule has 0 bridgehead atoms. The van der Waals surface area contributed by atoms with Gasteiger partial charge in [-0.15, -0.1) is 0 Å². The van der Waals surface area contributed by atoms with Crippen LogP contribution in [0.3, 0.4) is 0 Å². The molecule has 382 valence electrons. The van der Waals surface area contributed by atoms with Crippen LogP contribution in [0.2, 0.25) is 0 Å². The van der Waals surface area contributed by atoms with Gasteiger partial charge >= 0.3 is 0 Å². The average molecular weight is 1000 g/mol. The number of likely N-dealkylation sites (N-methyl/N-ethyl adjacent to an activating group) is 1. The van der Waals surface area contributed by atoms with Gasteiger partial charge in [0, 0.05) is 86.1 Å². The van der Waals surface area contributed by atoms with Crippen molar-refractivity contribution in [2.45, 2.75) is 68.3 Å². The molecule has 16 heteroatoms. The molecule has 5 aromatic heterocycles. The summed E-state index contributed by atoms with van der Waals surface area (Å²) in [6.07, 6.45) is 11.4. The SMILES string of the molecule is CC(N)(COC(C)(c1cccnc1)c1ccn[nH]1)Cc1cccc(F)c1.CNC(Cc1cccc(F)c1)C(Cc1ccccc1)(OC(c1cccnc1)c1ccnn1C)OC(c1ccccc1F)c1ccnn1C. The monoisotopic (exact) mass is 1000 g/mol. The van der Waals surface area contributed by atoms with E-state index in [0.717, 1.165) is 39.2 Å². The quantitative estimate of drug-likeness (QED) is 0.0593. The zero-order valence-electron chi connectivity index (χ0n) is 42.0. The summed E-state index contributed by atoms with van der Waals surface area (Å²) in [7, 11) is 5.46. The third-order valence-electron chi connectivity index (χ3n) is 13.0. The second-order valence-corrected chi connectivity index (χ2v) is 18.7. The lowest BCUT2D eigenvalue weighted by Gasteiger charge is -2.45. The van der Waals surface area contributed by atoms with Crippen molar-refractivity contribution in [3.8, 4) is 0 Å². The lowest BCUT2D eigenvalue weighted by atomic mass is 9.91. The molecule has 0 aliphatic heterocycles. The first kappa shape index (κ1) is 52.7. The van der Waals surface area contributed by atoms with Crippen molar-refractivity contribution < 1.29 is 27.4 Å². The van der Waals surface area contributed by atoms with Gasteiger partial charge in [0.1, 0.15) is 35.3 Å². The molecule has 4 N–H and O–H groups in total. The molecule has 0 saturated carbocycles. The lowest BCUT2D eigenvalue weighted by molar-refractivity contribution is -0.286. The van der Waals surface area contributed by atoms with E-state index in [1.54, 1.807) is 90.1 Å². The fraction of sp³-hybridized carbons (Fsp3) is 0.259. The van der Waals surface area contributed by atoms with E-state index in [4.69, 9.17) is 19.9 Å². The Labute approximate surface area is 429 Å². The molecule has 0 amide bonds. The number of nitrogens with one attached hydrogen (secondary N) is 2. The topological polar surface area (TPSA) is 156 Å². The Balaban J connectivity index is 0.000000236. The van der Waals surface area contributed by atoms with Gasteiger partial charge in [0.2, 0.25) is 0 Å². The van der Waals surface area contributed by atoms with Crippen molar-refractivity contribution in [2.75, 3.05) is 13.7 Å². The van der Waals surface area contributed by atoms with Gasteiger partial charge in [-0.3, -0.25) is 24.4 Å². The number of rotatable bonds is 21. The highest BCUT2D eigenvalue weighted by molar-refractivity contribution is 5.32. The summed E-state index contributed by atoms with van der Waals surface area (Å²) in [4.78, 5) is 8.60. The van der Waals surface area contributed by atoms with Crippen LogP contribution in [-0.2, 0) is 53.2 Å². The molecule has 0 aliphatic rings. The minimum atomic E-state index is -1.52. The molecule has 4 aromatic carbocycles. The zero-order chi connectivity index (χ0) is 52.1. The first-order valence-electron chi connectivity index (χ1n) is 24.2. The fourth-order valence-corrected chi connectivity index (χ4v) is 9.10. The summed E-state index contributed by atoms with van der Waals surface area (Å²) in [5, 5.41) is 19.3. The molecular formula is C58H61F3N10O3. The van der Waals surface area contributed by atoms with E-state index in [0.29, 0.717) is 24.1 Å². The summed E-state index contributed by atoms with van der Waals surface area (Å²) >= 11 is 0. The van der Waals surface area contributed by atoms with Gasteiger partial charge in [-0.1, -0.05) is 84.9 Å². The van der Waals surface area contributed by atoms with Crippen LogP contribution in [0.25, 0.3) is 0 Å². The lowest BCUT2D eigenvalue weighted by Crippen LogP contribution is -2.57. The number of H-pyrrole nitrogens is 1. The van der Waals surface area contributed by atoms with Crippen LogP contribution in [0.15, 0.2) is 189 Å². The smallest absolute Gasteiger partial charge is 0.190 e. The van der Waals surface area contributed by atoms with Crippen LogP contribution >= 0.6 is 0 Å². The molecule has 6 atom stereocenters. The Morgan fingerprint density at radius 3 is 1.85 bits per heavy atom. The van der Waals surface area contributed by atoms with Crippen molar-refractivity contribution in [1.29, 1.82) is 0 Å². The highest BCUT2D eigenvalue weighted by atomic mass is 19.1. The van der Waals surface area contributed by atoms with Crippen molar-refractivity contribution in [3.05, 3.63) is 257 Å². The number of aryl methyl sites for hydroxylation is 2. The third-order valence-corrected chi connectivity index (χ3v) is 13.0. The van der Waals surface area contributed by atoms with E-state index in [-0.39, 0.29) is 24.7 Å². The number of pyridine rings is 2. The Morgan fingerprint density at radius 1 is 0.635 bits per heavy atom.